The van der Waals surface area contributed by atoms with Crippen molar-refractivity contribution in [1.82, 2.24) is 9.88 Å². The Morgan fingerprint density at radius 1 is 1.04 bits per heavy atom. The highest BCUT2D eigenvalue weighted by molar-refractivity contribution is 5.84. The van der Waals surface area contributed by atoms with Crippen molar-refractivity contribution in [3.8, 4) is 0 Å². The van der Waals surface area contributed by atoms with Crippen molar-refractivity contribution in [2.75, 3.05) is 6.54 Å². The summed E-state index contributed by atoms with van der Waals surface area (Å²) in [4.78, 5) is 11.9. The van der Waals surface area contributed by atoms with Gasteiger partial charge in [0.1, 0.15) is 0 Å². The van der Waals surface area contributed by atoms with E-state index in [-0.39, 0.29) is 5.91 Å². The third-order valence-electron chi connectivity index (χ3n) is 4.70. The predicted octanol–water partition coefficient (Wildman–Crippen LogP) is 4.98. The summed E-state index contributed by atoms with van der Waals surface area (Å²) in [5.74, 6) is 0.198. The van der Waals surface area contributed by atoms with E-state index in [2.05, 4.69) is 54.3 Å². The zero-order chi connectivity index (χ0) is 17.2. The maximum atomic E-state index is 11.9. The summed E-state index contributed by atoms with van der Waals surface area (Å²) in [7, 11) is 2.07. The van der Waals surface area contributed by atoms with Crippen LogP contribution in [0.3, 0.4) is 0 Å². The van der Waals surface area contributed by atoms with Gasteiger partial charge in [0, 0.05) is 37.1 Å². The Morgan fingerprint density at radius 2 is 1.75 bits per heavy atom. The summed E-state index contributed by atoms with van der Waals surface area (Å²) in [6.45, 7) is 2.96. The number of benzene rings is 1. The zero-order valence-electron chi connectivity index (χ0n) is 15.3. The van der Waals surface area contributed by atoms with Crippen LogP contribution < -0.4 is 5.32 Å². The number of carbonyl (C=O) groups excluding carboxylic acids is 1. The van der Waals surface area contributed by atoms with E-state index in [1.54, 1.807) is 0 Å². The van der Waals surface area contributed by atoms with E-state index in [4.69, 9.17) is 0 Å². The van der Waals surface area contributed by atoms with Crippen LogP contribution in [0.15, 0.2) is 30.5 Å². The van der Waals surface area contributed by atoms with Crippen LogP contribution in [0.1, 0.15) is 63.9 Å². The largest absolute Gasteiger partial charge is 0.356 e. The third-order valence-corrected chi connectivity index (χ3v) is 4.70. The third kappa shape index (κ3) is 5.70. The quantitative estimate of drug-likeness (QED) is 0.580. The molecule has 1 N–H and O–H groups in total. The molecule has 0 bridgehead atoms. The number of hydrogen-bond donors (Lipinski definition) is 1. The van der Waals surface area contributed by atoms with Crippen molar-refractivity contribution in [3.05, 3.63) is 36.0 Å². The smallest absolute Gasteiger partial charge is 0.220 e. The van der Waals surface area contributed by atoms with Gasteiger partial charge >= 0.3 is 0 Å². The first-order valence-corrected chi connectivity index (χ1v) is 9.52. The molecule has 0 aliphatic carbocycles. The van der Waals surface area contributed by atoms with Crippen LogP contribution in [0.4, 0.5) is 0 Å². The Labute approximate surface area is 146 Å². The minimum atomic E-state index is 0.198. The van der Waals surface area contributed by atoms with Gasteiger partial charge in [-0.3, -0.25) is 4.79 Å². The number of para-hydroxylation sites is 1. The normalized spacial score (nSPS) is 11.1. The zero-order valence-corrected chi connectivity index (χ0v) is 15.3. The Hall–Kier alpha value is -1.77. The van der Waals surface area contributed by atoms with E-state index < -0.39 is 0 Å². The van der Waals surface area contributed by atoms with E-state index in [0.717, 1.165) is 19.4 Å². The Kier molecular flexibility index (Phi) is 7.87. The van der Waals surface area contributed by atoms with Crippen LogP contribution in [-0.2, 0) is 18.3 Å². The van der Waals surface area contributed by atoms with Crippen molar-refractivity contribution in [3.63, 3.8) is 0 Å². The highest BCUT2D eigenvalue weighted by Crippen LogP contribution is 2.20. The van der Waals surface area contributed by atoms with E-state index in [1.165, 1.54) is 55.0 Å². The first-order chi connectivity index (χ1) is 11.7. The van der Waals surface area contributed by atoms with Gasteiger partial charge in [-0.25, -0.2) is 0 Å². The number of carbonyl (C=O) groups is 1. The number of unbranched alkanes of at least 4 members (excludes halogenated alkanes) is 6. The molecule has 0 aliphatic heterocycles. The van der Waals surface area contributed by atoms with Crippen molar-refractivity contribution in [2.24, 2.45) is 7.05 Å². The molecule has 0 saturated carbocycles. The summed E-state index contributed by atoms with van der Waals surface area (Å²) in [6, 6.07) is 8.43. The molecule has 2 aromatic rings. The molecule has 0 spiro atoms. The lowest BCUT2D eigenvalue weighted by Crippen LogP contribution is -2.25. The summed E-state index contributed by atoms with van der Waals surface area (Å²) in [5, 5.41) is 4.36. The minimum Gasteiger partial charge on any atom is -0.356 e. The highest BCUT2D eigenvalue weighted by atomic mass is 16.1. The lowest BCUT2D eigenvalue weighted by molar-refractivity contribution is -0.121. The molecule has 0 unspecified atom stereocenters. The number of rotatable bonds is 11. The SMILES string of the molecule is CCCCCCCCCC(=O)NCCc1cn(C)c2ccccc12. The number of amides is 1. The van der Waals surface area contributed by atoms with Gasteiger partial charge in [0.05, 0.1) is 0 Å². The van der Waals surface area contributed by atoms with Crippen molar-refractivity contribution in [1.29, 1.82) is 0 Å². The maximum Gasteiger partial charge on any atom is 0.220 e. The summed E-state index contributed by atoms with van der Waals surface area (Å²) >= 11 is 0. The molecule has 1 aromatic heterocycles. The molecule has 0 saturated heterocycles. The van der Waals surface area contributed by atoms with Crippen molar-refractivity contribution < 1.29 is 4.79 Å². The molecule has 3 nitrogen and oxygen atoms in total. The van der Waals surface area contributed by atoms with Gasteiger partial charge in [0.25, 0.3) is 0 Å². The first kappa shape index (κ1) is 18.6. The van der Waals surface area contributed by atoms with Crippen molar-refractivity contribution in [2.45, 2.75) is 64.7 Å². The lowest BCUT2D eigenvalue weighted by atomic mass is 10.1. The van der Waals surface area contributed by atoms with Crippen LogP contribution in [0.5, 0.6) is 0 Å². The van der Waals surface area contributed by atoms with Crippen LogP contribution in [-0.4, -0.2) is 17.0 Å². The number of aryl methyl sites for hydroxylation is 1. The average Bonchev–Trinajstić information content (AvgIpc) is 2.91. The first-order valence-electron chi connectivity index (χ1n) is 9.52. The fraction of sp³-hybridized carbons (Fsp3) is 0.571. The molecule has 24 heavy (non-hydrogen) atoms. The Morgan fingerprint density at radius 3 is 2.54 bits per heavy atom. The topological polar surface area (TPSA) is 34.0 Å². The second-order valence-electron chi connectivity index (χ2n) is 6.75. The highest BCUT2D eigenvalue weighted by Gasteiger charge is 2.06. The molecule has 2 rings (SSSR count). The van der Waals surface area contributed by atoms with Gasteiger partial charge in [-0.1, -0.05) is 63.6 Å². The Balaban J connectivity index is 1.62. The second kappa shape index (κ2) is 10.2. The summed E-state index contributed by atoms with van der Waals surface area (Å²) in [6.07, 6.45) is 12.5. The molecular weight excluding hydrogens is 296 g/mol. The Bertz CT molecular complexity index is 630. The molecule has 1 amide bonds. The average molecular weight is 329 g/mol. The van der Waals surface area contributed by atoms with Crippen LogP contribution in [0.25, 0.3) is 10.9 Å². The lowest BCUT2D eigenvalue weighted by Gasteiger charge is -2.05. The second-order valence-corrected chi connectivity index (χ2v) is 6.75. The van der Waals surface area contributed by atoms with Crippen LogP contribution >= 0.6 is 0 Å². The number of nitrogens with one attached hydrogen (secondary N) is 1. The van der Waals surface area contributed by atoms with Crippen molar-refractivity contribution >= 4 is 16.8 Å². The van der Waals surface area contributed by atoms with Gasteiger partial charge in [-0.2, -0.15) is 0 Å². The number of hydrogen-bond acceptors (Lipinski definition) is 1. The van der Waals surface area contributed by atoms with E-state index in [0.29, 0.717) is 6.42 Å². The number of aromatic nitrogens is 1. The van der Waals surface area contributed by atoms with Gasteiger partial charge < -0.3 is 9.88 Å². The van der Waals surface area contributed by atoms with Crippen LogP contribution in [0, 0.1) is 0 Å². The summed E-state index contributed by atoms with van der Waals surface area (Å²) < 4.78 is 2.16. The molecule has 0 fully saturated rings. The van der Waals surface area contributed by atoms with Gasteiger partial charge in [0.15, 0.2) is 0 Å². The number of fused-ring (bicyclic) bond motifs is 1. The molecular formula is C21H32N2O. The molecule has 1 heterocycles. The number of nitrogens with zero attached hydrogens (tertiary/aromatic N) is 1. The molecule has 0 radical (unpaired) electrons. The molecule has 0 atom stereocenters. The van der Waals surface area contributed by atoms with Gasteiger partial charge in [0.2, 0.25) is 5.91 Å². The van der Waals surface area contributed by atoms with Crippen LogP contribution in [0.2, 0.25) is 0 Å². The molecule has 132 valence electrons. The fourth-order valence-electron chi connectivity index (χ4n) is 3.29. The standard InChI is InChI=1S/C21H32N2O/c1-3-4-5-6-7-8-9-14-21(24)22-16-15-18-17-23(2)20-13-11-10-12-19(18)20/h10-13,17H,3-9,14-16H2,1-2H3,(H,22,24). The van der Waals surface area contributed by atoms with E-state index >= 15 is 0 Å². The van der Waals surface area contributed by atoms with E-state index in [1.807, 2.05) is 0 Å². The van der Waals surface area contributed by atoms with Gasteiger partial charge in [-0.05, 0) is 24.5 Å². The minimum absolute atomic E-state index is 0.198. The summed E-state index contributed by atoms with van der Waals surface area (Å²) in [5.41, 5.74) is 2.56. The fourth-order valence-corrected chi connectivity index (χ4v) is 3.29. The molecule has 0 aliphatic rings. The monoisotopic (exact) mass is 328 g/mol. The predicted molar refractivity (Wildman–Crippen MR) is 102 cm³/mol. The van der Waals surface area contributed by atoms with Gasteiger partial charge in [-0.15, -0.1) is 0 Å². The van der Waals surface area contributed by atoms with E-state index in [9.17, 15) is 4.79 Å². The molecule has 3 heteroatoms. The molecule has 1 aromatic carbocycles. The maximum absolute atomic E-state index is 11.9.